The van der Waals surface area contributed by atoms with Gasteiger partial charge in [-0.3, -0.25) is 4.99 Å². The normalized spacial score (nSPS) is 13.1. The smallest absolute Gasteiger partial charge is 0.216 e. The molecule has 0 amide bonds. The van der Waals surface area contributed by atoms with Gasteiger partial charge in [0.1, 0.15) is 0 Å². The topological polar surface area (TPSA) is 82.6 Å². The van der Waals surface area contributed by atoms with Crippen LogP contribution in [0.3, 0.4) is 0 Å². The molecule has 29 heavy (non-hydrogen) atoms. The number of nitrogens with one attached hydrogen (secondary N) is 3. The summed E-state index contributed by atoms with van der Waals surface area (Å²) < 4.78 is 26.6. The number of hydrogen-bond acceptors (Lipinski definition) is 4. The van der Waals surface area contributed by atoms with Gasteiger partial charge in [-0.2, -0.15) is 0 Å². The summed E-state index contributed by atoms with van der Waals surface area (Å²) in [5.41, 5.74) is 1.83. The molecule has 3 N–H and O–H groups in total. The molecular weight excluding hydrogens is 519 g/mol. The van der Waals surface area contributed by atoms with Gasteiger partial charge in [0.25, 0.3) is 0 Å². The summed E-state index contributed by atoms with van der Waals surface area (Å²) in [4.78, 5) is 5.61. The molecule has 6 nitrogen and oxygen atoms in total. The molecule has 1 heterocycles. The molecule has 2 aromatic rings. The highest BCUT2D eigenvalue weighted by molar-refractivity contribution is 14.0. The second-order valence-electron chi connectivity index (χ2n) is 7.07. The van der Waals surface area contributed by atoms with Crippen molar-refractivity contribution in [3.05, 3.63) is 57.8 Å². The predicted molar refractivity (Wildman–Crippen MR) is 134 cm³/mol. The van der Waals surface area contributed by atoms with Crippen LogP contribution in [0.15, 0.2) is 46.8 Å². The molecule has 1 atom stereocenters. The van der Waals surface area contributed by atoms with Crippen LogP contribution in [0.4, 0.5) is 0 Å². The molecular formula is C20H31IN4O2S2. The third kappa shape index (κ3) is 9.45. The monoisotopic (exact) mass is 550 g/mol. The summed E-state index contributed by atoms with van der Waals surface area (Å²) in [7, 11) is -1.55. The first-order valence-corrected chi connectivity index (χ1v) is 11.9. The van der Waals surface area contributed by atoms with E-state index in [1.807, 2.05) is 38.1 Å². The molecule has 0 saturated carbocycles. The number of thiophene rings is 1. The number of benzene rings is 1. The van der Waals surface area contributed by atoms with Crippen molar-refractivity contribution in [3.63, 3.8) is 0 Å². The molecule has 1 unspecified atom stereocenters. The van der Waals surface area contributed by atoms with Crippen molar-refractivity contribution >= 4 is 51.3 Å². The van der Waals surface area contributed by atoms with Gasteiger partial charge < -0.3 is 10.6 Å². The Bertz CT molecular complexity index is 851. The average Bonchev–Trinajstić information content (AvgIpc) is 3.16. The molecule has 2 rings (SSSR count). The molecule has 0 aliphatic rings. The fourth-order valence-corrected chi connectivity index (χ4v) is 4.92. The lowest BCUT2D eigenvalue weighted by Crippen LogP contribution is -2.38. The highest BCUT2D eigenvalue weighted by Crippen LogP contribution is 2.19. The Morgan fingerprint density at radius 2 is 1.72 bits per heavy atom. The Labute approximate surface area is 195 Å². The first-order chi connectivity index (χ1) is 13.3. The van der Waals surface area contributed by atoms with Crippen LogP contribution in [0.5, 0.6) is 0 Å². The molecule has 0 aliphatic carbocycles. The van der Waals surface area contributed by atoms with E-state index in [1.165, 1.54) is 4.88 Å². The zero-order valence-corrected chi connectivity index (χ0v) is 21.3. The zero-order chi connectivity index (χ0) is 20.6. The largest absolute Gasteiger partial charge is 0.356 e. The minimum Gasteiger partial charge on any atom is -0.356 e. The summed E-state index contributed by atoms with van der Waals surface area (Å²) in [5.74, 6) is 1.15. The number of sulfonamides is 1. The summed E-state index contributed by atoms with van der Waals surface area (Å²) in [6, 6.07) is 11.7. The molecule has 0 aliphatic heterocycles. The highest BCUT2D eigenvalue weighted by Gasteiger charge is 2.13. The van der Waals surface area contributed by atoms with E-state index in [4.69, 9.17) is 0 Å². The van der Waals surface area contributed by atoms with Crippen molar-refractivity contribution in [2.24, 2.45) is 4.99 Å². The quantitative estimate of drug-likeness (QED) is 0.253. The maximum Gasteiger partial charge on any atom is 0.216 e. The van der Waals surface area contributed by atoms with E-state index in [9.17, 15) is 8.42 Å². The highest BCUT2D eigenvalue weighted by atomic mass is 127. The third-order valence-electron chi connectivity index (χ3n) is 4.08. The zero-order valence-electron chi connectivity index (χ0n) is 17.3. The Kier molecular flexibility index (Phi) is 11.2. The Morgan fingerprint density at radius 1 is 1.07 bits per heavy atom. The molecule has 0 radical (unpaired) electrons. The minimum absolute atomic E-state index is 0. The lowest BCUT2D eigenvalue weighted by molar-refractivity contribution is 0.569. The van der Waals surface area contributed by atoms with E-state index in [1.54, 1.807) is 18.4 Å². The SMILES string of the molecule is CN=C(NCc1ccc(CS(=O)(=O)NC(C)C)cc1)NCC(C)c1cccs1.I. The van der Waals surface area contributed by atoms with Crippen molar-refractivity contribution in [3.8, 4) is 0 Å². The van der Waals surface area contributed by atoms with Crippen molar-refractivity contribution in [2.45, 2.75) is 45.0 Å². The average molecular weight is 551 g/mol. The maximum absolute atomic E-state index is 12.0. The van der Waals surface area contributed by atoms with Gasteiger partial charge in [0, 0.05) is 37.0 Å². The standard InChI is InChI=1S/C20H30N4O2S2.HI/c1-15(2)24-28(25,26)14-18-9-7-17(8-10-18)13-23-20(21-4)22-12-16(3)19-6-5-11-27-19;/h5-11,15-16,24H,12-14H2,1-4H3,(H2,21,22,23);1H. The van der Waals surface area contributed by atoms with Crippen molar-refractivity contribution < 1.29 is 8.42 Å². The van der Waals surface area contributed by atoms with Crippen molar-refractivity contribution in [1.29, 1.82) is 0 Å². The van der Waals surface area contributed by atoms with Crippen LogP contribution in [-0.2, 0) is 22.3 Å². The molecule has 0 saturated heterocycles. The van der Waals surface area contributed by atoms with Gasteiger partial charge in [0.05, 0.1) is 5.75 Å². The second kappa shape index (κ2) is 12.5. The number of guanidine groups is 1. The summed E-state index contributed by atoms with van der Waals surface area (Å²) in [6.45, 7) is 7.24. The fraction of sp³-hybridized carbons (Fsp3) is 0.450. The van der Waals surface area contributed by atoms with Gasteiger partial charge in [-0.1, -0.05) is 37.3 Å². The molecule has 1 aromatic carbocycles. The molecule has 9 heteroatoms. The number of hydrogen-bond donors (Lipinski definition) is 3. The van der Waals surface area contributed by atoms with E-state index in [-0.39, 0.29) is 35.8 Å². The van der Waals surface area contributed by atoms with Gasteiger partial charge in [0.15, 0.2) is 5.96 Å². The molecule has 0 fully saturated rings. The second-order valence-corrected chi connectivity index (χ2v) is 9.80. The van der Waals surface area contributed by atoms with Gasteiger partial charge >= 0.3 is 0 Å². The predicted octanol–water partition coefficient (Wildman–Crippen LogP) is 3.66. The molecule has 0 spiro atoms. The Balaban J connectivity index is 0.00000420. The molecule has 162 valence electrons. The van der Waals surface area contributed by atoms with Crippen LogP contribution in [0, 0.1) is 0 Å². The van der Waals surface area contributed by atoms with Crippen LogP contribution in [0.25, 0.3) is 0 Å². The summed E-state index contributed by atoms with van der Waals surface area (Å²) >= 11 is 1.76. The number of aliphatic imine (C=N–C) groups is 1. The fourth-order valence-electron chi connectivity index (χ4n) is 2.70. The molecule has 0 bridgehead atoms. The Hall–Kier alpha value is -1.17. The van der Waals surface area contributed by atoms with Gasteiger partial charge in [-0.05, 0) is 36.4 Å². The van der Waals surface area contributed by atoms with Crippen LogP contribution >= 0.6 is 35.3 Å². The van der Waals surface area contributed by atoms with Gasteiger partial charge in [0.2, 0.25) is 10.0 Å². The number of nitrogens with zero attached hydrogens (tertiary/aromatic N) is 1. The van der Waals surface area contributed by atoms with Crippen LogP contribution in [-0.4, -0.2) is 34.0 Å². The van der Waals surface area contributed by atoms with Crippen LogP contribution < -0.4 is 15.4 Å². The van der Waals surface area contributed by atoms with E-state index >= 15 is 0 Å². The lowest BCUT2D eigenvalue weighted by Gasteiger charge is -2.15. The van der Waals surface area contributed by atoms with E-state index in [0.717, 1.165) is 23.6 Å². The van der Waals surface area contributed by atoms with Crippen LogP contribution in [0.2, 0.25) is 0 Å². The number of halogens is 1. The van der Waals surface area contributed by atoms with E-state index in [2.05, 4.69) is 44.8 Å². The third-order valence-corrected chi connectivity index (χ3v) is 6.73. The van der Waals surface area contributed by atoms with Gasteiger partial charge in [-0.15, -0.1) is 35.3 Å². The maximum atomic E-state index is 12.0. The van der Waals surface area contributed by atoms with Gasteiger partial charge in [-0.25, -0.2) is 13.1 Å². The molecule has 1 aromatic heterocycles. The first-order valence-electron chi connectivity index (χ1n) is 9.35. The van der Waals surface area contributed by atoms with E-state index < -0.39 is 10.0 Å². The Morgan fingerprint density at radius 3 is 2.28 bits per heavy atom. The van der Waals surface area contributed by atoms with Crippen molar-refractivity contribution in [1.82, 2.24) is 15.4 Å². The van der Waals surface area contributed by atoms with E-state index in [0.29, 0.717) is 12.5 Å². The minimum atomic E-state index is -3.30. The summed E-state index contributed by atoms with van der Waals surface area (Å²) in [5, 5.41) is 8.73. The van der Waals surface area contributed by atoms with Crippen molar-refractivity contribution in [2.75, 3.05) is 13.6 Å². The number of rotatable bonds is 9. The summed E-state index contributed by atoms with van der Waals surface area (Å²) in [6.07, 6.45) is 0. The first kappa shape index (κ1) is 25.9. The van der Waals surface area contributed by atoms with Crippen LogP contribution in [0.1, 0.15) is 42.7 Å². The lowest BCUT2D eigenvalue weighted by atomic mass is 10.1.